The van der Waals surface area contributed by atoms with Crippen molar-refractivity contribution < 1.29 is 4.74 Å². The Hall–Kier alpha value is -1.02. The van der Waals surface area contributed by atoms with Crippen LogP contribution in [0.2, 0.25) is 0 Å². The van der Waals surface area contributed by atoms with Gasteiger partial charge in [0.2, 0.25) is 0 Å². The predicted octanol–water partition coefficient (Wildman–Crippen LogP) is 3.28. The number of ether oxygens (including phenoxy) is 1. The van der Waals surface area contributed by atoms with Crippen molar-refractivity contribution >= 4 is 5.69 Å². The molecule has 0 saturated heterocycles. The zero-order chi connectivity index (χ0) is 10.8. The summed E-state index contributed by atoms with van der Waals surface area (Å²) in [7, 11) is 0. The number of hydrogen-bond donors (Lipinski definition) is 1. The number of nitrogens with one attached hydrogen (secondary N) is 1. The first-order valence-corrected chi connectivity index (χ1v) is 5.69. The summed E-state index contributed by atoms with van der Waals surface area (Å²) < 4.78 is 5.79. The first-order valence-electron chi connectivity index (χ1n) is 5.69. The van der Waals surface area contributed by atoms with Gasteiger partial charge in [-0.1, -0.05) is 17.7 Å². The fraction of sp³-hybridized carbons (Fsp3) is 0.538. The van der Waals surface area contributed by atoms with Crippen molar-refractivity contribution in [1.29, 1.82) is 0 Å². The van der Waals surface area contributed by atoms with Gasteiger partial charge in [-0.3, -0.25) is 0 Å². The number of hydrogen-bond acceptors (Lipinski definition) is 2. The molecule has 0 saturated carbocycles. The van der Waals surface area contributed by atoms with Gasteiger partial charge in [-0.2, -0.15) is 0 Å². The molecule has 1 aromatic rings. The van der Waals surface area contributed by atoms with Crippen molar-refractivity contribution in [2.75, 3.05) is 11.9 Å². The van der Waals surface area contributed by atoms with E-state index < -0.39 is 0 Å². The third kappa shape index (κ3) is 2.15. The van der Waals surface area contributed by atoms with Crippen molar-refractivity contribution in [2.45, 2.75) is 39.3 Å². The summed E-state index contributed by atoms with van der Waals surface area (Å²) in [5.74, 6) is 0. The SMILES string of the molecule is CCO[C@@H]1C[C@@H](C)Nc2ccc(C)cc21. The third-order valence-corrected chi connectivity index (χ3v) is 2.89. The van der Waals surface area contributed by atoms with E-state index in [1.165, 1.54) is 16.8 Å². The summed E-state index contributed by atoms with van der Waals surface area (Å²) in [6.45, 7) is 7.17. The van der Waals surface area contributed by atoms with Crippen LogP contribution in [0.3, 0.4) is 0 Å². The summed E-state index contributed by atoms with van der Waals surface area (Å²) in [5, 5.41) is 3.50. The molecule has 0 aliphatic carbocycles. The van der Waals surface area contributed by atoms with E-state index in [-0.39, 0.29) is 6.10 Å². The molecule has 0 spiro atoms. The Bertz CT molecular complexity index is 348. The first kappa shape index (κ1) is 10.5. The monoisotopic (exact) mass is 205 g/mol. The maximum Gasteiger partial charge on any atom is 0.0864 e. The fourth-order valence-electron chi connectivity index (χ4n) is 2.21. The maximum atomic E-state index is 5.79. The number of rotatable bonds is 2. The normalized spacial score (nSPS) is 24.5. The van der Waals surface area contributed by atoms with E-state index in [4.69, 9.17) is 4.74 Å². The third-order valence-electron chi connectivity index (χ3n) is 2.89. The highest BCUT2D eigenvalue weighted by Crippen LogP contribution is 2.35. The molecule has 1 heterocycles. The van der Waals surface area contributed by atoms with Crippen molar-refractivity contribution in [3.63, 3.8) is 0 Å². The zero-order valence-electron chi connectivity index (χ0n) is 9.71. The summed E-state index contributed by atoms with van der Waals surface area (Å²) in [6.07, 6.45) is 1.32. The van der Waals surface area contributed by atoms with E-state index in [2.05, 4.69) is 44.3 Å². The van der Waals surface area contributed by atoms with Gasteiger partial charge in [0.25, 0.3) is 0 Å². The van der Waals surface area contributed by atoms with Gasteiger partial charge in [0, 0.05) is 23.9 Å². The second-order valence-electron chi connectivity index (χ2n) is 4.32. The minimum Gasteiger partial charge on any atom is -0.382 e. The molecule has 0 amide bonds. The lowest BCUT2D eigenvalue weighted by molar-refractivity contribution is 0.0512. The van der Waals surface area contributed by atoms with Gasteiger partial charge < -0.3 is 10.1 Å². The summed E-state index contributed by atoms with van der Waals surface area (Å²) in [6, 6.07) is 7.03. The van der Waals surface area contributed by atoms with E-state index in [0.717, 1.165) is 13.0 Å². The molecular formula is C13H19NO. The number of fused-ring (bicyclic) bond motifs is 1. The van der Waals surface area contributed by atoms with Gasteiger partial charge in [0.1, 0.15) is 0 Å². The van der Waals surface area contributed by atoms with Crippen LogP contribution in [0.4, 0.5) is 5.69 Å². The molecule has 1 aliphatic heterocycles. The topological polar surface area (TPSA) is 21.3 Å². The minimum atomic E-state index is 0.265. The molecule has 0 radical (unpaired) electrons. The molecule has 0 unspecified atom stereocenters. The number of anilines is 1. The van der Waals surface area contributed by atoms with Crippen LogP contribution in [0.25, 0.3) is 0 Å². The molecule has 2 atom stereocenters. The standard InChI is InChI=1S/C13H19NO/c1-4-15-13-8-10(3)14-12-6-5-9(2)7-11(12)13/h5-7,10,13-14H,4,8H2,1-3H3/t10-,13-/m1/s1. The van der Waals surface area contributed by atoms with Crippen molar-refractivity contribution in [3.8, 4) is 0 Å². The Morgan fingerprint density at radius 3 is 3.00 bits per heavy atom. The minimum absolute atomic E-state index is 0.265. The molecule has 0 aromatic heterocycles. The Morgan fingerprint density at radius 1 is 1.47 bits per heavy atom. The Morgan fingerprint density at radius 2 is 2.27 bits per heavy atom. The highest BCUT2D eigenvalue weighted by atomic mass is 16.5. The Labute approximate surface area is 91.6 Å². The largest absolute Gasteiger partial charge is 0.382 e. The van der Waals surface area contributed by atoms with Crippen molar-refractivity contribution in [1.82, 2.24) is 0 Å². The van der Waals surface area contributed by atoms with Crippen LogP contribution in [0.15, 0.2) is 18.2 Å². The molecule has 0 fully saturated rings. The fourth-order valence-corrected chi connectivity index (χ4v) is 2.21. The highest BCUT2D eigenvalue weighted by molar-refractivity contribution is 5.56. The summed E-state index contributed by atoms with van der Waals surface area (Å²) in [5.41, 5.74) is 3.85. The molecule has 2 nitrogen and oxygen atoms in total. The molecule has 82 valence electrons. The predicted molar refractivity (Wildman–Crippen MR) is 63.2 cm³/mol. The molecule has 0 bridgehead atoms. The second-order valence-corrected chi connectivity index (χ2v) is 4.32. The van der Waals surface area contributed by atoms with Crippen LogP contribution in [-0.4, -0.2) is 12.6 Å². The van der Waals surface area contributed by atoms with Crippen LogP contribution in [0, 0.1) is 6.92 Å². The molecular weight excluding hydrogens is 186 g/mol. The number of aryl methyl sites for hydroxylation is 1. The number of benzene rings is 1. The van der Waals surface area contributed by atoms with Gasteiger partial charge in [0.15, 0.2) is 0 Å². The summed E-state index contributed by atoms with van der Waals surface area (Å²) in [4.78, 5) is 0. The lowest BCUT2D eigenvalue weighted by atomic mass is 9.94. The average molecular weight is 205 g/mol. The van der Waals surface area contributed by atoms with Crippen molar-refractivity contribution in [2.24, 2.45) is 0 Å². The molecule has 1 aromatic carbocycles. The van der Waals surface area contributed by atoms with Gasteiger partial charge >= 0.3 is 0 Å². The smallest absolute Gasteiger partial charge is 0.0864 e. The van der Waals surface area contributed by atoms with E-state index in [1.807, 2.05) is 0 Å². The maximum absolute atomic E-state index is 5.79. The van der Waals surface area contributed by atoms with Gasteiger partial charge in [0.05, 0.1) is 6.10 Å². The lowest BCUT2D eigenvalue weighted by Crippen LogP contribution is -2.26. The molecule has 15 heavy (non-hydrogen) atoms. The van der Waals surface area contributed by atoms with E-state index in [9.17, 15) is 0 Å². The van der Waals surface area contributed by atoms with Crippen LogP contribution < -0.4 is 5.32 Å². The first-order chi connectivity index (χ1) is 7.20. The molecule has 2 rings (SSSR count). The van der Waals surface area contributed by atoms with Gasteiger partial charge in [-0.25, -0.2) is 0 Å². The van der Waals surface area contributed by atoms with Crippen LogP contribution >= 0.6 is 0 Å². The molecule has 2 heteroatoms. The van der Waals surface area contributed by atoms with E-state index >= 15 is 0 Å². The van der Waals surface area contributed by atoms with Crippen LogP contribution in [0.5, 0.6) is 0 Å². The van der Waals surface area contributed by atoms with Gasteiger partial charge in [-0.15, -0.1) is 0 Å². The Balaban J connectivity index is 2.34. The second kappa shape index (κ2) is 4.23. The quantitative estimate of drug-likeness (QED) is 0.800. The summed E-state index contributed by atoms with van der Waals surface area (Å²) >= 11 is 0. The zero-order valence-corrected chi connectivity index (χ0v) is 9.71. The van der Waals surface area contributed by atoms with E-state index in [1.54, 1.807) is 0 Å². The highest BCUT2D eigenvalue weighted by Gasteiger charge is 2.24. The van der Waals surface area contributed by atoms with Gasteiger partial charge in [-0.05, 0) is 33.3 Å². The molecule has 1 aliphatic rings. The average Bonchev–Trinajstić information content (AvgIpc) is 2.19. The Kier molecular flexibility index (Phi) is 2.96. The molecule has 1 N–H and O–H groups in total. The van der Waals surface area contributed by atoms with Crippen LogP contribution in [-0.2, 0) is 4.74 Å². The van der Waals surface area contributed by atoms with Crippen molar-refractivity contribution in [3.05, 3.63) is 29.3 Å². The lowest BCUT2D eigenvalue weighted by Gasteiger charge is -2.31. The van der Waals surface area contributed by atoms with E-state index in [0.29, 0.717) is 6.04 Å². The van der Waals surface area contributed by atoms with Crippen LogP contribution in [0.1, 0.15) is 37.5 Å².